The first-order valence-electron chi connectivity index (χ1n) is 9.44. The highest BCUT2D eigenvalue weighted by molar-refractivity contribution is 7.19. The van der Waals surface area contributed by atoms with Crippen molar-refractivity contribution in [1.29, 1.82) is 0 Å². The molecule has 0 aliphatic carbocycles. The SMILES string of the molecule is CCc1nnc2sc(-c3ccc(C)c(NC(=O)COc4ccccc4[N+](=O)[O-])c3)nn12. The summed E-state index contributed by atoms with van der Waals surface area (Å²) in [6.07, 6.45) is 0.721. The molecule has 0 saturated heterocycles. The van der Waals surface area contributed by atoms with E-state index in [1.807, 2.05) is 32.0 Å². The molecule has 0 aliphatic rings. The van der Waals surface area contributed by atoms with Crippen LogP contribution < -0.4 is 10.1 Å². The molecule has 0 atom stereocenters. The summed E-state index contributed by atoms with van der Waals surface area (Å²) in [5, 5.41) is 27.4. The van der Waals surface area contributed by atoms with E-state index in [1.165, 1.54) is 29.5 Å². The van der Waals surface area contributed by atoms with Crippen molar-refractivity contribution in [2.24, 2.45) is 0 Å². The van der Waals surface area contributed by atoms with E-state index >= 15 is 0 Å². The lowest BCUT2D eigenvalue weighted by molar-refractivity contribution is -0.385. The molecule has 0 saturated carbocycles. The van der Waals surface area contributed by atoms with Gasteiger partial charge in [0.25, 0.3) is 5.91 Å². The third-order valence-corrected chi connectivity index (χ3v) is 5.50. The van der Waals surface area contributed by atoms with Gasteiger partial charge in [0.1, 0.15) is 5.01 Å². The Morgan fingerprint density at radius 3 is 2.84 bits per heavy atom. The Labute approximate surface area is 180 Å². The van der Waals surface area contributed by atoms with Crippen molar-refractivity contribution < 1.29 is 14.5 Å². The van der Waals surface area contributed by atoms with Crippen LogP contribution in [0.3, 0.4) is 0 Å². The van der Waals surface area contributed by atoms with Crippen LogP contribution in [0.4, 0.5) is 11.4 Å². The molecule has 0 radical (unpaired) electrons. The van der Waals surface area contributed by atoms with Gasteiger partial charge in [-0.15, -0.1) is 10.2 Å². The number of nitrogens with one attached hydrogen (secondary N) is 1. The molecule has 1 amide bonds. The number of carbonyl (C=O) groups is 1. The van der Waals surface area contributed by atoms with Crippen LogP contribution in [0.5, 0.6) is 5.75 Å². The smallest absolute Gasteiger partial charge is 0.310 e. The molecule has 1 N–H and O–H groups in total. The van der Waals surface area contributed by atoms with Gasteiger partial charge in [0, 0.05) is 23.7 Å². The number of fused-ring (bicyclic) bond motifs is 1. The Kier molecular flexibility index (Phi) is 5.58. The van der Waals surface area contributed by atoms with E-state index in [2.05, 4.69) is 20.6 Å². The van der Waals surface area contributed by atoms with Crippen molar-refractivity contribution >= 4 is 33.6 Å². The van der Waals surface area contributed by atoms with Crippen molar-refractivity contribution in [2.75, 3.05) is 11.9 Å². The fourth-order valence-corrected chi connectivity index (χ4v) is 3.80. The van der Waals surface area contributed by atoms with Crippen molar-refractivity contribution in [3.05, 3.63) is 64.0 Å². The fourth-order valence-electron chi connectivity index (χ4n) is 2.94. The zero-order chi connectivity index (χ0) is 22.0. The van der Waals surface area contributed by atoms with E-state index < -0.39 is 10.8 Å². The Bertz CT molecular complexity index is 1280. The molecule has 2 aromatic heterocycles. The molecule has 11 heteroatoms. The van der Waals surface area contributed by atoms with E-state index in [0.717, 1.165) is 28.4 Å². The van der Waals surface area contributed by atoms with Gasteiger partial charge in [0.15, 0.2) is 18.2 Å². The number of amides is 1. The third-order valence-electron chi connectivity index (χ3n) is 4.55. The van der Waals surface area contributed by atoms with Gasteiger partial charge >= 0.3 is 5.69 Å². The van der Waals surface area contributed by atoms with Crippen molar-refractivity contribution in [2.45, 2.75) is 20.3 Å². The molecule has 10 nitrogen and oxygen atoms in total. The van der Waals surface area contributed by atoms with Crippen molar-refractivity contribution in [1.82, 2.24) is 19.8 Å². The number of hydrogen-bond acceptors (Lipinski definition) is 8. The molecular weight excluding hydrogens is 420 g/mol. The Morgan fingerprint density at radius 2 is 2.06 bits per heavy atom. The van der Waals surface area contributed by atoms with Crippen LogP contribution in [0, 0.1) is 17.0 Å². The number of nitrogens with zero attached hydrogens (tertiary/aromatic N) is 5. The fraction of sp³-hybridized carbons (Fsp3) is 0.200. The maximum Gasteiger partial charge on any atom is 0.310 e. The Balaban J connectivity index is 1.50. The van der Waals surface area contributed by atoms with Crippen LogP contribution >= 0.6 is 11.3 Å². The largest absolute Gasteiger partial charge is 0.477 e. The first-order chi connectivity index (χ1) is 15.0. The summed E-state index contributed by atoms with van der Waals surface area (Å²) >= 11 is 1.41. The topological polar surface area (TPSA) is 125 Å². The number of nitro benzene ring substituents is 1. The average Bonchev–Trinajstić information content (AvgIpc) is 3.34. The minimum absolute atomic E-state index is 0.0413. The molecule has 0 unspecified atom stereocenters. The second-order valence-electron chi connectivity index (χ2n) is 6.66. The van der Waals surface area contributed by atoms with Gasteiger partial charge in [-0.2, -0.15) is 9.61 Å². The zero-order valence-corrected chi connectivity index (χ0v) is 17.5. The summed E-state index contributed by atoms with van der Waals surface area (Å²) in [5.41, 5.74) is 2.11. The molecule has 2 aromatic carbocycles. The first-order valence-corrected chi connectivity index (χ1v) is 10.3. The summed E-state index contributed by atoms with van der Waals surface area (Å²) in [5.74, 6) is 0.398. The van der Waals surface area contributed by atoms with Crippen LogP contribution in [-0.4, -0.2) is 37.2 Å². The Morgan fingerprint density at radius 1 is 1.26 bits per heavy atom. The van der Waals surface area contributed by atoms with Gasteiger partial charge in [-0.25, -0.2) is 0 Å². The van der Waals surface area contributed by atoms with Gasteiger partial charge < -0.3 is 10.1 Å². The molecular formula is C20H18N6O4S. The summed E-state index contributed by atoms with van der Waals surface area (Å²) in [4.78, 5) is 23.6. The summed E-state index contributed by atoms with van der Waals surface area (Å²) in [6, 6.07) is 11.6. The Hall–Kier alpha value is -3.86. The quantitative estimate of drug-likeness (QED) is 0.345. The molecule has 2 heterocycles. The van der Waals surface area contributed by atoms with Gasteiger partial charge in [-0.05, 0) is 24.6 Å². The van der Waals surface area contributed by atoms with Gasteiger partial charge in [0.05, 0.1) is 4.92 Å². The van der Waals surface area contributed by atoms with Crippen LogP contribution in [0.15, 0.2) is 42.5 Å². The van der Waals surface area contributed by atoms with Crippen LogP contribution in [0.25, 0.3) is 15.5 Å². The summed E-state index contributed by atoms with van der Waals surface area (Å²) < 4.78 is 7.08. The van der Waals surface area contributed by atoms with Gasteiger partial charge in [0.2, 0.25) is 4.96 Å². The maximum absolute atomic E-state index is 12.4. The van der Waals surface area contributed by atoms with E-state index in [9.17, 15) is 14.9 Å². The summed E-state index contributed by atoms with van der Waals surface area (Å²) in [6.45, 7) is 3.50. The number of benzene rings is 2. The molecule has 4 rings (SSSR count). The molecule has 0 fully saturated rings. The molecule has 0 bridgehead atoms. The number of nitro groups is 1. The van der Waals surface area contributed by atoms with E-state index in [0.29, 0.717) is 10.6 Å². The highest BCUT2D eigenvalue weighted by Gasteiger charge is 2.16. The number of para-hydroxylation sites is 2. The lowest BCUT2D eigenvalue weighted by Gasteiger charge is -2.11. The predicted molar refractivity (Wildman–Crippen MR) is 115 cm³/mol. The van der Waals surface area contributed by atoms with Gasteiger partial charge in [-0.1, -0.05) is 42.5 Å². The van der Waals surface area contributed by atoms with E-state index in [1.54, 1.807) is 10.6 Å². The molecule has 0 spiro atoms. The number of aryl methyl sites for hydroxylation is 2. The molecule has 4 aromatic rings. The number of aromatic nitrogens is 4. The zero-order valence-electron chi connectivity index (χ0n) is 16.7. The predicted octanol–water partition coefficient (Wildman–Crippen LogP) is 3.65. The lowest BCUT2D eigenvalue weighted by atomic mass is 10.1. The highest BCUT2D eigenvalue weighted by Crippen LogP contribution is 2.29. The van der Waals surface area contributed by atoms with Crippen LogP contribution in [0.1, 0.15) is 18.3 Å². The number of ether oxygens (including phenoxy) is 1. The lowest BCUT2D eigenvalue weighted by Crippen LogP contribution is -2.21. The number of carbonyl (C=O) groups excluding carboxylic acids is 1. The van der Waals surface area contributed by atoms with Crippen molar-refractivity contribution in [3.63, 3.8) is 0 Å². The van der Waals surface area contributed by atoms with Crippen LogP contribution in [-0.2, 0) is 11.2 Å². The number of rotatable bonds is 7. The molecule has 31 heavy (non-hydrogen) atoms. The molecule has 158 valence electrons. The third kappa shape index (κ3) is 4.21. The second kappa shape index (κ2) is 8.48. The van der Waals surface area contributed by atoms with E-state index in [-0.39, 0.29) is 18.0 Å². The monoisotopic (exact) mass is 438 g/mol. The number of anilines is 1. The van der Waals surface area contributed by atoms with E-state index in [4.69, 9.17) is 4.74 Å². The highest BCUT2D eigenvalue weighted by atomic mass is 32.1. The van der Waals surface area contributed by atoms with Crippen LogP contribution in [0.2, 0.25) is 0 Å². The minimum Gasteiger partial charge on any atom is -0.477 e. The van der Waals surface area contributed by atoms with Crippen molar-refractivity contribution in [3.8, 4) is 16.3 Å². The second-order valence-corrected chi connectivity index (χ2v) is 7.62. The average molecular weight is 438 g/mol. The first kappa shape index (κ1) is 20.4. The minimum atomic E-state index is -0.550. The standard InChI is InChI=1S/C20H18N6O4S/c1-3-17-22-23-20-25(17)24-19(31-20)13-9-8-12(2)14(10-13)21-18(27)11-30-16-7-5-4-6-15(16)26(28)29/h4-10H,3,11H2,1-2H3,(H,21,27). The number of hydrogen-bond donors (Lipinski definition) is 1. The van der Waals surface area contributed by atoms with Gasteiger partial charge in [-0.3, -0.25) is 14.9 Å². The molecule has 0 aliphatic heterocycles. The maximum atomic E-state index is 12.4. The summed E-state index contributed by atoms with van der Waals surface area (Å²) in [7, 11) is 0. The normalized spacial score (nSPS) is 10.9.